The van der Waals surface area contributed by atoms with Crippen molar-refractivity contribution in [2.45, 2.75) is 32.0 Å². The van der Waals surface area contributed by atoms with Crippen molar-refractivity contribution in [3.05, 3.63) is 45.9 Å². The van der Waals surface area contributed by atoms with Crippen LogP contribution in [0.1, 0.15) is 35.5 Å². The first-order valence-electron chi connectivity index (χ1n) is 8.79. The second-order valence-electron chi connectivity index (χ2n) is 6.24. The second kappa shape index (κ2) is 8.59. The molecule has 2 heterocycles. The number of aromatic nitrogens is 1. The van der Waals surface area contributed by atoms with Crippen molar-refractivity contribution < 1.29 is 18.0 Å². The van der Waals surface area contributed by atoms with Crippen molar-refractivity contribution in [2.75, 3.05) is 18.4 Å². The van der Waals surface area contributed by atoms with Crippen LogP contribution in [0.4, 0.5) is 18.9 Å². The Balaban J connectivity index is 1.66. The van der Waals surface area contributed by atoms with Crippen LogP contribution in [-0.2, 0) is 17.5 Å². The molecule has 150 valence electrons. The van der Waals surface area contributed by atoms with Gasteiger partial charge >= 0.3 is 6.18 Å². The van der Waals surface area contributed by atoms with Crippen LogP contribution in [0.15, 0.2) is 34.6 Å². The number of guanidine groups is 1. The first kappa shape index (κ1) is 20.1. The standard InChI is InChI=1S/C18H20F3N5OS/c1-2-22-17(24-9-16-26-14(10-28-16)18(19,20)21)23-8-11-7-15(27)25-13-6-4-3-5-12(11)13/h3-6,10-11H,2,7-9H2,1H3,(H,25,27)(H2,22,23,24). The molecule has 1 aliphatic rings. The van der Waals surface area contributed by atoms with E-state index in [0.29, 0.717) is 25.5 Å². The van der Waals surface area contributed by atoms with Crippen molar-refractivity contribution >= 4 is 28.9 Å². The number of hydrogen-bond acceptors (Lipinski definition) is 4. The van der Waals surface area contributed by atoms with Gasteiger partial charge in [0.05, 0.1) is 6.54 Å². The first-order chi connectivity index (χ1) is 13.4. The topological polar surface area (TPSA) is 78.4 Å². The number of amides is 1. The summed E-state index contributed by atoms with van der Waals surface area (Å²) in [6, 6.07) is 7.62. The Kier molecular flexibility index (Phi) is 6.18. The zero-order valence-corrected chi connectivity index (χ0v) is 16.0. The van der Waals surface area contributed by atoms with Crippen LogP contribution >= 0.6 is 11.3 Å². The molecule has 1 aromatic carbocycles. The number of halogens is 3. The van der Waals surface area contributed by atoms with Gasteiger partial charge in [-0.25, -0.2) is 9.98 Å². The maximum atomic E-state index is 12.7. The van der Waals surface area contributed by atoms with Crippen LogP contribution in [-0.4, -0.2) is 29.9 Å². The number of thiazole rings is 1. The Morgan fingerprint density at radius 3 is 2.86 bits per heavy atom. The maximum absolute atomic E-state index is 12.7. The average molecular weight is 411 g/mol. The zero-order valence-electron chi connectivity index (χ0n) is 15.1. The molecule has 28 heavy (non-hydrogen) atoms. The minimum Gasteiger partial charge on any atom is -0.357 e. The molecule has 1 unspecified atom stereocenters. The highest BCUT2D eigenvalue weighted by molar-refractivity contribution is 7.09. The quantitative estimate of drug-likeness (QED) is 0.521. The molecular formula is C18H20F3N5OS. The minimum atomic E-state index is -4.45. The lowest BCUT2D eigenvalue weighted by Gasteiger charge is -2.26. The molecule has 3 rings (SSSR count). The van der Waals surface area contributed by atoms with E-state index in [0.717, 1.165) is 28.0 Å². The number of anilines is 1. The maximum Gasteiger partial charge on any atom is 0.434 e. The summed E-state index contributed by atoms with van der Waals surface area (Å²) >= 11 is 0.927. The number of rotatable bonds is 5. The number of aliphatic imine (C=N–C) groups is 1. The summed E-state index contributed by atoms with van der Waals surface area (Å²) in [6.07, 6.45) is -4.10. The van der Waals surface area contributed by atoms with Gasteiger partial charge in [0, 0.05) is 36.5 Å². The molecule has 1 aliphatic heterocycles. The Morgan fingerprint density at radius 1 is 1.36 bits per heavy atom. The Morgan fingerprint density at radius 2 is 2.14 bits per heavy atom. The summed E-state index contributed by atoms with van der Waals surface area (Å²) in [7, 11) is 0. The van der Waals surface area contributed by atoms with Gasteiger partial charge in [0.2, 0.25) is 5.91 Å². The predicted molar refractivity (Wildman–Crippen MR) is 102 cm³/mol. The average Bonchev–Trinajstić information content (AvgIpc) is 3.13. The smallest absolute Gasteiger partial charge is 0.357 e. The third-order valence-electron chi connectivity index (χ3n) is 4.18. The lowest BCUT2D eigenvalue weighted by molar-refractivity contribution is -0.140. The van der Waals surface area contributed by atoms with E-state index in [1.165, 1.54) is 0 Å². The molecule has 2 aromatic rings. The van der Waals surface area contributed by atoms with Gasteiger partial charge in [-0.05, 0) is 18.6 Å². The van der Waals surface area contributed by atoms with Crippen molar-refractivity contribution in [1.82, 2.24) is 15.6 Å². The normalized spacial score (nSPS) is 17.1. The number of para-hydroxylation sites is 1. The number of nitrogens with one attached hydrogen (secondary N) is 3. The van der Waals surface area contributed by atoms with Crippen LogP contribution < -0.4 is 16.0 Å². The van der Waals surface area contributed by atoms with E-state index in [-0.39, 0.29) is 23.4 Å². The summed E-state index contributed by atoms with van der Waals surface area (Å²) in [5, 5.41) is 10.4. The number of hydrogen-bond donors (Lipinski definition) is 3. The number of fused-ring (bicyclic) bond motifs is 1. The zero-order chi connectivity index (χ0) is 20.1. The number of carbonyl (C=O) groups excluding carboxylic acids is 1. The Labute approximate surface area is 164 Å². The van der Waals surface area contributed by atoms with Crippen LogP contribution in [0.25, 0.3) is 0 Å². The fourth-order valence-corrected chi connectivity index (χ4v) is 3.63. The van der Waals surface area contributed by atoms with Gasteiger partial charge in [0.15, 0.2) is 11.7 Å². The molecule has 1 atom stereocenters. The summed E-state index contributed by atoms with van der Waals surface area (Å²) in [5.74, 6) is 0.398. The van der Waals surface area contributed by atoms with Gasteiger partial charge in [-0.1, -0.05) is 18.2 Å². The molecule has 0 aliphatic carbocycles. The second-order valence-corrected chi connectivity index (χ2v) is 7.18. The Bertz CT molecular complexity index is 865. The van der Waals surface area contributed by atoms with Crippen molar-refractivity contribution in [3.8, 4) is 0 Å². The van der Waals surface area contributed by atoms with Crippen LogP contribution in [0.5, 0.6) is 0 Å². The predicted octanol–water partition coefficient (Wildman–Crippen LogP) is 3.34. The number of alkyl halides is 3. The highest BCUT2D eigenvalue weighted by Gasteiger charge is 2.33. The largest absolute Gasteiger partial charge is 0.434 e. The van der Waals surface area contributed by atoms with E-state index in [1.54, 1.807) is 0 Å². The molecule has 0 bridgehead atoms. The number of carbonyl (C=O) groups is 1. The van der Waals surface area contributed by atoms with E-state index in [9.17, 15) is 18.0 Å². The molecule has 1 aromatic heterocycles. The molecule has 1 amide bonds. The Hall–Kier alpha value is -2.62. The molecule has 3 N–H and O–H groups in total. The van der Waals surface area contributed by atoms with Gasteiger partial charge in [-0.2, -0.15) is 13.2 Å². The molecule has 10 heteroatoms. The summed E-state index contributed by atoms with van der Waals surface area (Å²) in [6.45, 7) is 3.00. The van der Waals surface area contributed by atoms with Crippen molar-refractivity contribution in [1.29, 1.82) is 0 Å². The molecule has 0 radical (unpaired) electrons. The molecule has 0 saturated carbocycles. The first-order valence-corrected chi connectivity index (χ1v) is 9.67. The molecule has 6 nitrogen and oxygen atoms in total. The highest BCUT2D eigenvalue weighted by Crippen LogP contribution is 2.31. The molecule has 0 fully saturated rings. The molecule has 0 spiro atoms. The van der Waals surface area contributed by atoms with E-state index in [1.807, 2.05) is 31.2 Å². The van der Waals surface area contributed by atoms with E-state index >= 15 is 0 Å². The third kappa shape index (κ3) is 5.00. The molecular weight excluding hydrogens is 391 g/mol. The SMILES string of the molecule is CCNC(=NCc1nc(C(F)(F)F)cs1)NCC1CC(=O)Nc2ccccc21. The van der Waals surface area contributed by atoms with Gasteiger partial charge in [0.25, 0.3) is 0 Å². The van der Waals surface area contributed by atoms with E-state index < -0.39 is 11.9 Å². The van der Waals surface area contributed by atoms with Crippen molar-refractivity contribution in [3.63, 3.8) is 0 Å². The van der Waals surface area contributed by atoms with Crippen LogP contribution in [0.2, 0.25) is 0 Å². The summed E-state index contributed by atoms with van der Waals surface area (Å²) in [4.78, 5) is 19.8. The fourth-order valence-electron chi connectivity index (χ4n) is 2.91. The van der Waals surface area contributed by atoms with Gasteiger partial charge in [-0.15, -0.1) is 11.3 Å². The lowest BCUT2D eigenvalue weighted by atomic mass is 9.90. The number of benzene rings is 1. The van der Waals surface area contributed by atoms with Gasteiger partial charge in [-0.3, -0.25) is 4.79 Å². The lowest BCUT2D eigenvalue weighted by Crippen LogP contribution is -2.40. The highest BCUT2D eigenvalue weighted by atomic mass is 32.1. The van der Waals surface area contributed by atoms with Crippen molar-refractivity contribution in [2.24, 2.45) is 4.99 Å². The van der Waals surface area contributed by atoms with Crippen LogP contribution in [0.3, 0.4) is 0 Å². The summed E-state index contributed by atoms with van der Waals surface area (Å²) < 4.78 is 38.0. The van der Waals surface area contributed by atoms with E-state index in [2.05, 4.69) is 25.9 Å². The number of nitrogens with zero attached hydrogens (tertiary/aromatic N) is 2. The monoisotopic (exact) mass is 411 g/mol. The third-order valence-corrected chi connectivity index (χ3v) is 5.01. The van der Waals surface area contributed by atoms with E-state index in [4.69, 9.17) is 0 Å². The minimum absolute atomic E-state index is 0.0227. The fraction of sp³-hybridized carbons (Fsp3) is 0.389. The van der Waals surface area contributed by atoms with Gasteiger partial charge < -0.3 is 16.0 Å². The summed E-state index contributed by atoms with van der Waals surface area (Å²) in [5.41, 5.74) is 0.945. The van der Waals surface area contributed by atoms with Crippen LogP contribution in [0, 0.1) is 0 Å². The molecule has 0 saturated heterocycles. The van der Waals surface area contributed by atoms with Gasteiger partial charge in [0.1, 0.15) is 5.01 Å².